The molecular weight excluding hydrogens is 500 g/mol. The van der Waals surface area contributed by atoms with Crippen LogP contribution in [0, 0.1) is 17.8 Å². The van der Waals surface area contributed by atoms with E-state index in [0.717, 1.165) is 65.1 Å². The largest absolute Gasteiger partial charge is 0.366 e. The van der Waals surface area contributed by atoms with Crippen LogP contribution in [0.5, 0.6) is 0 Å². The number of carbonyl (C=O) groups excluding carboxylic acids is 2. The third-order valence-corrected chi connectivity index (χ3v) is 9.53. The van der Waals surface area contributed by atoms with Gasteiger partial charge in [-0.25, -0.2) is 0 Å². The van der Waals surface area contributed by atoms with Crippen LogP contribution >= 0.6 is 0 Å². The topological polar surface area (TPSA) is 65.1 Å². The van der Waals surface area contributed by atoms with Crippen molar-refractivity contribution in [1.82, 2.24) is 20.0 Å². The van der Waals surface area contributed by atoms with Gasteiger partial charge in [0.1, 0.15) is 6.10 Å². The van der Waals surface area contributed by atoms with Gasteiger partial charge in [0, 0.05) is 58.3 Å². The van der Waals surface area contributed by atoms with Crippen LogP contribution in [0.25, 0.3) is 0 Å². The summed E-state index contributed by atoms with van der Waals surface area (Å²) in [5.74, 6) is 1.62. The number of fused-ring (bicyclic) bond motifs is 1. The first-order valence-electron chi connectivity index (χ1n) is 15.4. The summed E-state index contributed by atoms with van der Waals surface area (Å²) in [6.07, 6.45) is 4.94. The summed E-state index contributed by atoms with van der Waals surface area (Å²) in [5, 5.41) is 3.39. The summed E-state index contributed by atoms with van der Waals surface area (Å²) in [4.78, 5) is 33.3. The summed E-state index contributed by atoms with van der Waals surface area (Å²) >= 11 is 0. The number of carbonyl (C=O) groups is 2. The van der Waals surface area contributed by atoms with E-state index < -0.39 is 0 Å². The van der Waals surface area contributed by atoms with Gasteiger partial charge >= 0.3 is 0 Å². The van der Waals surface area contributed by atoms with E-state index in [1.54, 1.807) is 0 Å². The number of nitrogens with zero attached hydrogens (tertiary/aromatic N) is 3. The minimum Gasteiger partial charge on any atom is -0.366 e. The molecule has 4 aliphatic rings. The van der Waals surface area contributed by atoms with Gasteiger partial charge in [0.2, 0.25) is 5.91 Å². The molecule has 3 aliphatic heterocycles. The Labute approximate surface area is 238 Å². The van der Waals surface area contributed by atoms with Gasteiger partial charge in [0.25, 0.3) is 5.91 Å². The number of amides is 2. The van der Waals surface area contributed by atoms with Crippen LogP contribution in [0.4, 0.5) is 0 Å². The molecule has 7 heteroatoms. The minimum absolute atomic E-state index is 0.0510. The van der Waals surface area contributed by atoms with Crippen LogP contribution in [-0.2, 0) is 20.9 Å². The number of benzene rings is 2. The van der Waals surface area contributed by atoms with Gasteiger partial charge in [-0.05, 0) is 42.2 Å². The van der Waals surface area contributed by atoms with Gasteiger partial charge in [-0.2, -0.15) is 0 Å². The Morgan fingerprint density at radius 1 is 0.850 bits per heavy atom. The Morgan fingerprint density at radius 2 is 1.52 bits per heavy atom. The minimum atomic E-state index is -0.359. The van der Waals surface area contributed by atoms with Gasteiger partial charge in [0.15, 0.2) is 0 Å². The second-order valence-corrected chi connectivity index (χ2v) is 12.3. The maximum Gasteiger partial charge on any atom is 0.253 e. The fourth-order valence-corrected chi connectivity index (χ4v) is 7.29. The number of rotatable bonds is 9. The van der Waals surface area contributed by atoms with E-state index in [1.807, 2.05) is 12.1 Å². The summed E-state index contributed by atoms with van der Waals surface area (Å²) in [7, 11) is 0. The summed E-state index contributed by atoms with van der Waals surface area (Å²) < 4.78 is 5.96. The van der Waals surface area contributed by atoms with E-state index in [1.165, 1.54) is 24.0 Å². The molecule has 1 N–H and O–H groups in total. The summed E-state index contributed by atoms with van der Waals surface area (Å²) in [6, 6.07) is 20.9. The first-order valence-corrected chi connectivity index (χ1v) is 15.4. The van der Waals surface area contributed by atoms with Crippen LogP contribution in [-0.4, -0.2) is 85.0 Å². The van der Waals surface area contributed by atoms with E-state index in [-0.39, 0.29) is 29.9 Å². The summed E-state index contributed by atoms with van der Waals surface area (Å²) in [5.41, 5.74) is 2.47. The number of morpholine rings is 1. The number of ether oxygens (including phenoxy) is 1. The molecule has 0 spiro atoms. The molecule has 40 heavy (non-hydrogen) atoms. The van der Waals surface area contributed by atoms with Crippen LogP contribution in [0.15, 0.2) is 60.7 Å². The molecule has 2 amide bonds. The Kier molecular flexibility index (Phi) is 8.80. The Morgan fingerprint density at radius 3 is 2.23 bits per heavy atom. The highest BCUT2D eigenvalue weighted by molar-refractivity contribution is 5.81. The molecule has 3 unspecified atom stereocenters. The predicted molar refractivity (Wildman–Crippen MR) is 155 cm³/mol. The Hall–Kier alpha value is -2.74. The van der Waals surface area contributed by atoms with Crippen LogP contribution in [0.1, 0.15) is 49.3 Å². The molecular formula is C33H44N4O3. The molecule has 6 rings (SSSR count). The van der Waals surface area contributed by atoms with Crippen LogP contribution < -0.4 is 5.32 Å². The number of hydrogen-bond donors (Lipinski definition) is 1. The lowest BCUT2D eigenvalue weighted by Gasteiger charge is -2.34. The average molecular weight is 545 g/mol. The van der Waals surface area contributed by atoms with Crippen molar-refractivity contribution in [3.63, 3.8) is 0 Å². The summed E-state index contributed by atoms with van der Waals surface area (Å²) in [6.45, 7) is 7.68. The van der Waals surface area contributed by atoms with Gasteiger partial charge in [-0.1, -0.05) is 73.5 Å². The van der Waals surface area contributed by atoms with E-state index >= 15 is 0 Å². The SMILES string of the molecule is O=C(N[C@@H](CCN1CC2CN(C(=O)C3CN(Cc4ccccc4)CCO3)CC2C1)c1ccccc1)C1CCCC1. The highest BCUT2D eigenvalue weighted by atomic mass is 16.5. The van der Waals surface area contributed by atoms with Crippen molar-refractivity contribution in [1.29, 1.82) is 0 Å². The zero-order chi connectivity index (χ0) is 27.3. The Balaban J connectivity index is 0.984. The lowest BCUT2D eigenvalue weighted by molar-refractivity contribution is -0.149. The molecule has 214 valence electrons. The van der Waals surface area contributed by atoms with Crippen molar-refractivity contribution in [3.05, 3.63) is 71.8 Å². The smallest absolute Gasteiger partial charge is 0.253 e. The highest BCUT2D eigenvalue weighted by Gasteiger charge is 2.43. The van der Waals surface area contributed by atoms with E-state index in [0.29, 0.717) is 25.0 Å². The van der Waals surface area contributed by atoms with Gasteiger partial charge in [0.05, 0.1) is 12.6 Å². The normalized spacial score (nSPS) is 26.6. The molecule has 1 aliphatic carbocycles. The standard InChI is InChI=1S/C33H44N4O3/c38-32(27-13-7-8-14-27)34-30(26-11-5-2-6-12-26)15-16-35-20-28-22-37(23-29(28)21-35)33(39)31-24-36(17-18-40-31)19-25-9-3-1-4-10-25/h1-6,9-12,27-31H,7-8,13-24H2,(H,34,38)/t28?,29?,30-,31?/m0/s1. The molecule has 4 atom stereocenters. The quantitative estimate of drug-likeness (QED) is 0.522. The van der Waals surface area contributed by atoms with Crippen molar-refractivity contribution in [2.24, 2.45) is 17.8 Å². The molecule has 1 saturated carbocycles. The van der Waals surface area contributed by atoms with Crippen molar-refractivity contribution in [2.45, 2.75) is 50.8 Å². The zero-order valence-corrected chi connectivity index (χ0v) is 23.6. The maximum absolute atomic E-state index is 13.4. The molecule has 0 bridgehead atoms. The number of hydrogen-bond acceptors (Lipinski definition) is 5. The first kappa shape index (κ1) is 27.4. The molecule has 2 aromatic carbocycles. The number of nitrogens with one attached hydrogen (secondary N) is 1. The molecule has 3 saturated heterocycles. The molecule has 0 radical (unpaired) electrons. The molecule has 0 aromatic heterocycles. The lowest BCUT2D eigenvalue weighted by Crippen LogP contribution is -2.50. The maximum atomic E-state index is 13.4. The van der Waals surface area contributed by atoms with Gasteiger partial charge in [-0.3, -0.25) is 14.5 Å². The van der Waals surface area contributed by atoms with E-state index in [2.05, 4.69) is 68.5 Å². The van der Waals surface area contributed by atoms with E-state index in [9.17, 15) is 9.59 Å². The molecule has 7 nitrogen and oxygen atoms in total. The highest BCUT2D eigenvalue weighted by Crippen LogP contribution is 2.33. The fourth-order valence-electron chi connectivity index (χ4n) is 7.29. The van der Waals surface area contributed by atoms with Crippen molar-refractivity contribution in [2.75, 3.05) is 52.4 Å². The van der Waals surface area contributed by atoms with Crippen molar-refractivity contribution >= 4 is 11.8 Å². The van der Waals surface area contributed by atoms with Crippen molar-refractivity contribution < 1.29 is 14.3 Å². The monoisotopic (exact) mass is 544 g/mol. The molecule has 4 fully saturated rings. The second-order valence-electron chi connectivity index (χ2n) is 12.3. The lowest BCUT2D eigenvalue weighted by atomic mass is 10.0. The third kappa shape index (κ3) is 6.59. The molecule has 3 heterocycles. The first-order chi connectivity index (χ1) is 19.6. The van der Waals surface area contributed by atoms with E-state index in [4.69, 9.17) is 4.74 Å². The third-order valence-electron chi connectivity index (χ3n) is 9.53. The second kappa shape index (κ2) is 12.8. The molecule has 2 aromatic rings. The predicted octanol–water partition coefficient (Wildman–Crippen LogP) is 3.72. The van der Waals surface area contributed by atoms with Gasteiger partial charge < -0.3 is 19.9 Å². The van der Waals surface area contributed by atoms with Crippen LogP contribution in [0.2, 0.25) is 0 Å². The van der Waals surface area contributed by atoms with Crippen LogP contribution in [0.3, 0.4) is 0 Å². The zero-order valence-electron chi connectivity index (χ0n) is 23.6. The fraction of sp³-hybridized carbons (Fsp3) is 0.576. The van der Waals surface area contributed by atoms with Gasteiger partial charge in [-0.15, -0.1) is 0 Å². The average Bonchev–Trinajstić information content (AvgIpc) is 3.74. The Bertz CT molecular complexity index is 1110. The number of likely N-dealkylation sites (tertiary alicyclic amines) is 2. The van der Waals surface area contributed by atoms with Crippen molar-refractivity contribution in [3.8, 4) is 0 Å².